The molecule has 1 heterocycles. The number of halogens is 1. The molecule has 1 amide bonds. The normalized spacial score (nSPS) is 12.5. The summed E-state index contributed by atoms with van der Waals surface area (Å²) >= 11 is 1.26. The first-order valence-electron chi connectivity index (χ1n) is 6.69. The molecule has 4 nitrogen and oxygen atoms in total. The predicted octanol–water partition coefficient (Wildman–Crippen LogP) is 3.03. The largest absolute Gasteiger partial charge is 0.368 e. The number of hydrogen-bond donors (Lipinski definition) is 1. The maximum Gasteiger partial charge on any atom is 0.235 e. The third kappa shape index (κ3) is 2.69. The fourth-order valence-electron chi connectivity index (χ4n) is 2.26. The summed E-state index contributed by atoms with van der Waals surface area (Å²) in [7, 11) is 1.89. The Kier molecular flexibility index (Phi) is 3.85. The van der Waals surface area contributed by atoms with E-state index in [9.17, 15) is 9.18 Å². The predicted molar refractivity (Wildman–Crippen MR) is 84.9 cm³/mol. The molecule has 1 aromatic heterocycles. The topological polar surface area (TPSA) is 60.9 Å². The van der Waals surface area contributed by atoms with E-state index >= 15 is 0 Å². The maximum absolute atomic E-state index is 13.0. The van der Waals surface area contributed by atoms with E-state index in [0.717, 1.165) is 11.0 Å². The molecule has 0 saturated heterocycles. The van der Waals surface area contributed by atoms with Crippen molar-refractivity contribution in [3.05, 3.63) is 59.9 Å². The fraction of sp³-hybridized carbons (Fsp3) is 0.125. The second kappa shape index (κ2) is 5.81. The quantitative estimate of drug-likeness (QED) is 0.753. The van der Waals surface area contributed by atoms with Crippen LogP contribution in [0.25, 0.3) is 11.0 Å². The summed E-state index contributed by atoms with van der Waals surface area (Å²) < 4.78 is 15.0. The van der Waals surface area contributed by atoms with Crippen molar-refractivity contribution in [2.24, 2.45) is 12.8 Å². The highest BCUT2D eigenvalue weighted by Crippen LogP contribution is 2.35. The van der Waals surface area contributed by atoms with E-state index in [0.29, 0.717) is 10.7 Å². The van der Waals surface area contributed by atoms with Crippen LogP contribution in [0.3, 0.4) is 0 Å². The number of nitrogens with zero attached hydrogens (tertiary/aromatic N) is 2. The Morgan fingerprint density at radius 2 is 1.91 bits per heavy atom. The summed E-state index contributed by atoms with van der Waals surface area (Å²) in [5.41, 5.74) is 8.00. The molecule has 2 aromatic carbocycles. The molecule has 2 N–H and O–H groups in total. The minimum absolute atomic E-state index is 0.347. The van der Waals surface area contributed by atoms with Crippen molar-refractivity contribution >= 4 is 28.7 Å². The van der Waals surface area contributed by atoms with Gasteiger partial charge in [-0.1, -0.05) is 36.0 Å². The van der Waals surface area contributed by atoms with Crippen LogP contribution >= 0.6 is 11.8 Å². The summed E-state index contributed by atoms with van der Waals surface area (Å²) in [6.45, 7) is 0. The fourth-order valence-corrected chi connectivity index (χ4v) is 3.29. The molecule has 0 aliphatic carbocycles. The summed E-state index contributed by atoms with van der Waals surface area (Å²) in [6, 6.07) is 13.5. The van der Waals surface area contributed by atoms with Gasteiger partial charge in [-0.3, -0.25) is 4.79 Å². The number of thioether (sulfide) groups is 1. The van der Waals surface area contributed by atoms with E-state index in [1.54, 1.807) is 12.1 Å². The lowest BCUT2D eigenvalue weighted by molar-refractivity contribution is -0.117. The third-order valence-corrected chi connectivity index (χ3v) is 4.72. The van der Waals surface area contributed by atoms with Crippen molar-refractivity contribution in [2.75, 3.05) is 0 Å². The average molecular weight is 315 g/mol. The van der Waals surface area contributed by atoms with Crippen molar-refractivity contribution in [3.8, 4) is 0 Å². The number of imidazole rings is 1. The van der Waals surface area contributed by atoms with Crippen molar-refractivity contribution in [3.63, 3.8) is 0 Å². The van der Waals surface area contributed by atoms with Gasteiger partial charge in [0.1, 0.15) is 11.1 Å². The van der Waals surface area contributed by atoms with E-state index in [-0.39, 0.29) is 5.82 Å². The molecule has 3 aromatic rings. The van der Waals surface area contributed by atoms with E-state index in [1.165, 1.54) is 23.9 Å². The highest BCUT2D eigenvalue weighted by atomic mass is 32.2. The number of para-hydroxylation sites is 2. The monoisotopic (exact) mass is 315 g/mol. The van der Waals surface area contributed by atoms with Crippen LogP contribution in [-0.4, -0.2) is 15.5 Å². The Labute approximate surface area is 131 Å². The minimum atomic E-state index is -0.615. The number of aryl methyl sites for hydroxylation is 1. The molecular weight excluding hydrogens is 301 g/mol. The number of rotatable bonds is 4. The minimum Gasteiger partial charge on any atom is -0.368 e. The molecule has 0 unspecified atom stereocenters. The molecule has 0 bridgehead atoms. The van der Waals surface area contributed by atoms with Crippen LogP contribution in [0.15, 0.2) is 53.7 Å². The van der Waals surface area contributed by atoms with Crippen LogP contribution in [0.5, 0.6) is 0 Å². The number of hydrogen-bond acceptors (Lipinski definition) is 3. The average Bonchev–Trinajstić information content (AvgIpc) is 2.82. The van der Waals surface area contributed by atoms with Gasteiger partial charge in [-0.15, -0.1) is 0 Å². The first-order valence-corrected chi connectivity index (χ1v) is 7.57. The van der Waals surface area contributed by atoms with Crippen molar-refractivity contribution in [1.29, 1.82) is 0 Å². The Bertz CT molecular complexity index is 829. The molecule has 1 atom stereocenters. The van der Waals surface area contributed by atoms with Crippen LogP contribution in [0.1, 0.15) is 10.8 Å². The molecule has 6 heteroatoms. The molecule has 0 aliphatic heterocycles. The Hall–Kier alpha value is -2.34. The second-order valence-corrected chi connectivity index (χ2v) is 5.97. The molecule has 112 valence electrons. The molecule has 0 saturated carbocycles. The number of primary amides is 1. The van der Waals surface area contributed by atoms with Crippen LogP contribution in [-0.2, 0) is 11.8 Å². The van der Waals surface area contributed by atoms with Gasteiger partial charge in [0.2, 0.25) is 5.91 Å². The first-order chi connectivity index (χ1) is 10.6. The first kappa shape index (κ1) is 14.6. The van der Waals surface area contributed by atoms with Crippen LogP contribution in [0, 0.1) is 5.82 Å². The van der Waals surface area contributed by atoms with Crippen molar-refractivity contribution < 1.29 is 9.18 Å². The number of benzene rings is 2. The maximum atomic E-state index is 13.0. The number of carbonyl (C=O) groups is 1. The SMILES string of the molecule is Cn1c(S[C@@H](C(N)=O)c2ccc(F)cc2)nc2ccccc21. The summed E-state index contributed by atoms with van der Waals surface area (Å²) in [6.07, 6.45) is 0. The number of aromatic nitrogens is 2. The molecular formula is C16H14FN3OS. The van der Waals surface area contributed by atoms with Crippen molar-refractivity contribution in [1.82, 2.24) is 9.55 Å². The zero-order valence-corrected chi connectivity index (χ0v) is 12.7. The third-order valence-electron chi connectivity index (χ3n) is 3.40. The van der Waals surface area contributed by atoms with Gasteiger partial charge in [0.05, 0.1) is 11.0 Å². The molecule has 0 fully saturated rings. The second-order valence-electron chi connectivity index (χ2n) is 4.89. The summed E-state index contributed by atoms with van der Waals surface area (Å²) in [4.78, 5) is 16.3. The van der Waals surface area contributed by atoms with Crippen LogP contribution in [0.4, 0.5) is 4.39 Å². The van der Waals surface area contributed by atoms with Gasteiger partial charge in [-0.2, -0.15) is 0 Å². The smallest absolute Gasteiger partial charge is 0.235 e. The number of amides is 1. The number of nitrogens with two attached hydrogens (primary N) is 1. The molecule has 0 aliphatic rings. The highest BCUT2D eigenvalue weighted by molar-refractivity contribution is 8.00. The van der Waals surface area contributed by atoms with Gasteiger partial charge in [0.25, 0.3) is 0 Å². The number of carbonyl (C=O) groups excluding carboxylic acids is 1. The lowest BCUT2D eigenvalue weighted by atomic mass is 10.1. The molecule has 0 spiro atoms. The molecule has 3 rings (SSSR count). The summed E-state index contributed by atoms with van der Waals surface area (Å²) in [5, 5.41) is 0.0745. The van der Waals surface area contributed by atoms with Gasteiger partial charge in [-0.25, -0.2) is 9.37 Å². The molecule has 22 heavy (non-hydrogen) atoms. The zero-order chi connectivity index (χ0) is 15.7. The van der Waals surface area contributed by atoms with Crippen LogP contribution in [0.2, 0.25) is 0 Å². The van der Waals surface area contributed by atoms with Gasteiger partial charge in [0, 0.05) is 7.05 Å². The van der Waals surface area contributed by atoms with Gasteiger partial charge in [0.15, 0.2) is 5.16 Å². The summed E-state index contributed by atoms with van der Waals surface area (Å²) in [5.74, 6) is -0.830. The Morgan fingerprint density at radius 1 is 1.23 bits per heavy atom. The van der Waals surface area contributed by atoms with E-state index < -0.39 is 11.2 Å². The van der Waals surface area contributed by atoms with E-state index in [2.05, 4.69) is 4.98 Å². The van der Waals surface area contributed by atoms with Gasteiger partial charge >= 0.3 is 0 Å². The number of fused-ring (bicyclic) bond motifs is 1. The van der Waals surface area contributed by atoms with Crippen LogP contribution < -0.4 is 5.73 Å². The van der Waals surface area contributed by atoms with E-state index in [4.69, 9.17) is 5.73 Å². The highest BCUT2D eigenvalue weighted by Gasteiger charge is 2.22. The Morgan fingerprint density at radius 3 is 2.55 bits per heavy atom. The van der Waals surface area contributed by atoms with Crippen molar-refractivity contribution in [2.45, 2.75) is 10.4 Å². The lowest BCUT2D eigenvalue weighted by Gasteiger charge is -2.13. The van der Waals surface area contributed by atoms with Gasteiger partial charge < -0.3 is 10.3 Å². The van der Waals surface area contributed by atoms with Gasteiger partial charge in [-0.05, 0) is 29.8 Å². The molecule has 0 radical (unpaired) electrons. The zero-order valence-electron chi connectivity index (χ0n) is 11.9. The standard InChI is InChI=1S/C16H14FN3OS/c1-20-13-5-3-2-4-12(13)19-16(20)22-14(15(18)21)10-6-8-11(17)9-7-10/h2-9,14H,1H3,(H2,18,21)/t14-/m1/s1. The van der Waals surface area contributed by atoms with E-state index in [1.807, 2.05) is 35.9 Å². The lowest BCUT2D eigenvalue weighted by Crippen LogP contribution is -2.19. The Balaban J connectivity index is 1.98.